The van der Waals surface area contributed by atoms with E-state index < -0.39 is 17.8 Å². The maximum absolute atomic E-state index is 12.2. The molecule has 1 unspecified atom stereocenters. The molecule has 0 bridgehead atoms. The van der Waals surface area contributed by atoms with Gasteiger partial charge in [0.05, 0.1) is 6.57 Å². The Hall–Kier alpha value is -2.32. The number of rotatable bonds is 3. The molecule has 1 aliphatic rings. The van der Waals surface area contributed by atoms with E-state index in [1.54, 1.807) is 24.3 Å². The number of nitrogens with one attached hydrogen (secondary N) is 1. The van der Waals surface area contributed by atoms with Gasteiger partial charge in [0.2, 0.25) is 0 Å². The largest absolute Gasteiger partial charge is 0.480 e. The molecule has 1 saturated heterocycles. The van der Waals surface area contributed by atoms with Crippen LogP contribution in [0, 0.1) is 6.57 Å². The summed E-state index contributed by atoms with van der Waals surface area (Å²) in [5.74, 6) is -1.41. The van der Waals surface area contributed by atoms with E-state index in [-0.39, 0.29) is 5.70 Å². The van der Waals surface area contributed by atoms with Crippen LogP contribution in [-0.4, -0.2) is 22.9 Å². The minimum atomic E-state index is -0.983. The van der Waals surface area contributed by atoms with E-state index in [1.165, 1.54) is 0 Å². The molecule has 1 aromatic rings. The van der Waals surface area contributed by atoms with E-state index in [9.17, 15) is 9.59 Å². The van der Waals surface area contributed by atoms with E-state index in [0.29, 0.717) is 29.1 Å². The van der Waals surface area contributed by atoms with Gasteiger partial charge in [0.25, 0.3) is 5.70 Å². The Balaban J connectivity index is 2.29. The zero-order chi connectivity index (χ0) is 14.7. The first kappa shape index (κ1) is 14.1. The van der Waals surface area contributed by atoms with Crippen LogP contribution in [0.3, 0.4) is 0 Å². The third kappa shape index (κ3) is 2.81. The molecule has 0 amide bonds. The molecule has 2 N–H and O–H groups in total. The molecule has 0 saturated carbocycles. The van der Waals surface area contributed by atoms with Crippen LogP contribution in [0.5, 0.6) is 0 Å². The fraction of sp³-hybridized carbons (Fsp3) is 0.214. The summed E-state index contributed by atoms with van der Waals surface area (Å²) in [5.41, 5.74) is 0.692. The number of hydrogen-bond donors (Lipinski definition) is 2. The van der Waals surface area contributed by atoms with Crippen molar-refractivity contribution in [3.05, 3.63) is 57.7 Å². The fourth-order valence-electron chi connectivity index (χ4n) is 2.01. The summed E-state index contributed by atoms with van der Waals surface area (Å²) in [6, 6.07) is 5.49. The molecule has 5 nitrogen and oxygen atoms in total. The monoisotopic (exact) mass is 290 g/mol. The standard InChI is InChI=1S/C14H11ClN2O3/c1-16-12(10-6-7-11(17-10)14(19)20)13(18)8-2-4-9(15)5-3-8/h2-5,11,17H,6-7H2,(H,19,20)/b12-10+. The number of Topliss-reactive ketones (excluding diaryl/α,β-unsaturated/α-hetero) is 1. The highest BCUT2D eigenvalue weighted by Crippen LogP contribution is 2.23. The summed E-state index contributed by atoms with van der Waals surface area (Å²) in [5, 5.41) is 12.1. The van der Waals surface area contributed by atoms with Crippen LogP contribution in [0.1, 0.15) is 23.2 Å². The molecule has 20 heavy (non-hydrogen) atoms. The number of benzene rings is 1. The first-order valence-electron chi connectivity index (χ1n) is 5.93. The lowest BCUT2D eigenvalue weighted by atomic mass is 10.1. The van der Waals surface area contributed by atoms with E-state index >= 15 is 0 Å². The van der Waals surface area contributed by atoms with Crippen LogP contribution < -0.4 is 5.32 Å². The van der Waals surface area contributed by atoms with Crippen LogP contribution in [0.2, 0.25) is 5.02 Å². The normalized spacial score (nSPS) is 19.9. The second-order valence-corrected chi connectivity index (χ2v) is 4.79. The number of hydrogen-bond acceptors (Lipinski definition) is 3. The Labute approximate surface area is 120 Å². The maximum Gasteiger partial charge on any atom is 0.326 e. The Morgan fingerprint density at radius 2 is 2.00 bits per heavy atom. The lowest BCUT2D eigenvalue weighted by Crippen LogP contribution is -2.30. The fourth-order valence-corrected chi connectivity index (χ4v) is 2.13. The Kier molecular flexibility index (Phi) is 4.06. The number of nitrogens with zero attached hydrogens (tertiary/aromatic N) is 1. The Morgan fingerprint density at radius 1 is 1.35 bits per heavy atom. The van der Waals surface area contributed by atoms with Gasteiger partial charge in [-0.1, -0.05) is 23.7 Å². The number of aliphatic carboxylic acids is 1. The van der Waals surface area contributed by atoms with Crippen LogP contribution >= 0.6 is 11.6 Å². The lowest BCUT2D eigenvalue weighted by Gasteiger charge is -2.07. The van der Waals surface area contributed by atoms with Crippen LogP contribution in [0.4, 0.5) is 0 Å². The van der Waals surface area contributed by atoms with Gasteiger partial charge >= 0.3 is 5.97 Å². The van der Waals surface area contributed by atoms with Crippen LogP contribution in [-0.2, 0) is 4.79 Å². The second kappa shape index (κ2) is 5.76. The van der Waals surface area contributed by atoms with Crippen molar-refractivity contribution in [1.82, 2.24) is 5.32 Å². The molecule has 0 spiro atoms. The van der Waals surface area contributed by atoms with Crippen molar-refractivity contribution in [3.8, 4) is 0 Å². The van der Waals surface area contributed by atoms with Gasteiger partial charge < -0.3 is 15.2 Å². The molecule has 102 valence electrons. The van der Waals surface area contributed by atoms with Crippen molar-refractivity contribution < 1.29 is 14.7 Å². The minimum absolute atomic E-state index is 0.0592. The van der Waals surface area contributed by atoms with Crippen molar-refractivity contribution in [2.45, 2.75) is 18.9 Å². The highest BCUT2D eigenvalue weighted by atomic mass is 35.5. The summed E-state index contributed by atoms with van der Waals surface area (Å²) in [4.78, 5) is 26.4. The zero-order valence-corrected chi connectivity index (χ0v) is 11.1. The van der Waals surface area contributed by atoms with Gasteiger partial charge in [-0.2, -0.15) is 0 Å². The number of halogens is 1. The van der Waals surface area contributed by atoms with E-state index in [1.807, 2.05) is 0 Å². The van der Waals surface area contributed by atoms with Crippen LogP contribution in [0.15, 0.2) is 35.7 Å². The van der Waals surface area contributed by atoms with E-state index in [4.69, 9.17) is 23.3 Å². The van der Waals surface area contributed by atoms with Crippen molar-refractivity contribution in [3.63, 3.8) is 0 Å². The number of carbonyl (C=O) groups excluding carboxylic acids is 1. The SMILES string of the molecule is [C-]#[N+]/C(C(=O)c1ccc(Cl)cc1)=C1\CCC(C(=O)O)N1. The van der Waals surface area contributed by atoms with Crippen molar-refractivity contribution in [2.24, 2.45) is 0 Å². The molecule has 6 heteroatoms. The van der Waals surface area contributed by atoms with Gasteiger partial charge in [0.15, 0.2) is 5.78 Å². The molecule has 1 fully saturated rings. The predicted octanol–water partition coefficient (Wildman–Crippen LogP) is 2.49. The quantitative estimate of drug-likeness (QED) is 0.510. The molecule has 0 aliphatic carbocycles. The summed E-state index contributed by atoms with van der Waals surface area (Å²) in [7, 11) is 0. The highest BCUT2D eigenvalue weighted by Gasteiger charge is 2.29. The van der Waals surface area contributed by atoms with Crippen molar-refractivity contribution in [1.29, 1.82) is 0 Å². The van der Waals surface area contributed by atoms with Crippen LogP contribution in [0.25, 0.3) is 4.85 Å². The predicted molar refractivity (Wildman–Crippen MR) is 73.2 cm³/mol. The number of carbonyl (C=O) groups is 2. The Morgan fingerprint density at radius 3 is 2.50 bits per heavy atom. The topological polar surface area (TPSA) is 70.8 Å². The molecular weight excluding hydrogens is 280 g/mol. The van der Waals surface area contributed by atoms with Gasteiger partial charge in [0.1, 0.15) is 6.04 Å². The molecule has 0 aromatic heterocycles. The zero-order valence-electron chi connectivity index (χ0n) is 10.4. The van der Waals surface area contributed by atoms with Crippen molar-refractivity contribution in [2.75, 3.05) is 0 Å². The van der Waals surface area contributed by atoms with Gasteiger partial charge in [-0.05, 0) is 25.0 Å². The number of carboxylic acids is 1. The average Bonchev–Trinajstić information content (AvgIpc) is 2.90. The number of ketones is 1. The molecular formula is C14H11ClN2O3. The van der Waals surface area contributed by atoms with Crippen molar-refractivity contribution >= 4 is 23.4 Å². The van der Waals surface area contributed by atoms with Gasteiger partial charge in [-0.25, -0.2) is 9.64 Å². The van der Waals surface area contributed by atoms with Gasteiger partial charge in [0, 0.05) is 16.3 Å². The molecule has 1 aromatic carbocycles. The first-order valence-corrected chi connectivity index (χ1v) is 6.31. The maximum atomic E-state index is 12.2. The summed E-state index contributed by atoms with van der Waals surface area (Å²) < 4.78 is 0. The molecule has 1 heterocycles. The van der Waals surface area contributed by atoms with Gasteiger partial charge in [-0.3, -0.25) is 0 Å². The summed E-state index contributed by atoms with van der Waals surface area (Å²) in [6.07, 6.45) is 0.756. The molecule has 0 radical (unpaired) electrons. The first-order chi connectivity index (χ1) is 9.52. The highest BCUT2D eigenvalue weighted by molar-refractivity contribution is 6.30. The van der Waals surface area contributed by atoms with Gasteiger partial charge in [-0.15, -0.1) is 0 Å². The number of allylic oxidation sites excluding steroid dienone is 2. The molecule has 1 atom stereocenters. The second-order valence-electron chi connectivity index (χ2n) is 4.35. The minimum Gasteiger partial charge on any atom is -0.480 e. The third-order valence-corrected chi connectivity index (χ3v) is 3.30. The third-order valence-electron chi connectivity index (χ3n) is 3.05. The molecule has 1 aliphatic heterocycles. The Bertz CT molecular complexity index is 629. The smallest absolute Gasteiger partial charge is 0.326 e. The average molecular weight is 291 g/mol. The summed E-state index contributed by atoms with van der Waals surface area (Å²) >= 11 is 5.75. The molecule has 2 rings (SSSR count). The van der Waals surface area contributed by atoms with E-state index in [0.717, 1.165) is 0 Å². The lowest BCUT2D eigenvalue weighted by molar-refractivity contribution is -0.138. The number of carboxylic acid groups (broad SMARTS) is 1. The van der Waals surface area contributed by atoms with E-state index in [2.05, 4.69) is 10.2 Å². The summed E-state index contributed by atoms with van der Waals surface area (Å²) in [6.45, 7) is 7.15.